The molecule has 2 N–H and O–H groups in total. The first-order chi connectivity index (χ1) is 6.44. The van der Waals surface area contributed by atoms with Crippen LogP contribution in [0.3, 0.4) is 0 Å². The number of nitrogens with zero attached hydrogens (tertiary/aromatic N) is 1. The SMILES string of the molecule is CC1(C)[C@H](N)[C@H]1c1cc(Cl)ncc1Br. The van der Waals surface area contributed by atoms with Crippen LogP contribution in [0.1, 0.15) is 25.3 Å². The standard InChI is InChI=1S/C10H12BrClN2/c1-10(2)8(9(10)13)5-3-7(12)14-4-6(5)11/h3-4,8-9H,13H2,1-2H3/t8-,9-/m1/s1. The molecule has 1 aromatic rings. The van der Waals surface area contributed by atoms with Crippen molar-refractivity contribution in [2.24, 2.45) is 11.1 Å². The summed E-state index contributed by atoms with van der Waals surface area (Å²) in [5, 5.41) is 0.526. The topological polar surface area (TPSA) is 38.9 Å². The summed E-state index contributed by atoms with van der Waals surface area (Å²) in [5.41, 5.74) is 7.35. The maximum absolute atomic E-state index is 6.01. The van der Waals surface area contributed by atoms with Crippen LogP contribution >= 0.6 is 27.5 Å². The summed E-state index contributed by atoms with van der Waals surface area (Å²) in [4.78, 5) is 4.00. The Morgan fingerprint density at radius 1 is 1.57 bits per heavy atom. The number of rotatable bonds is 1. The van der Waals surface area contributed by atoms with Crippen LogP contribution in [0.25, 0.3) is 0 Å². The van der Waals surface area contributed by atoms with Crippen molar-refractivity contribution in [3.8, 4) is 0 Å². The first-order valence-electron chi connectivity index (χ1n) is 4.51. The molecule has 0 bridgehead atoms. The van der Waals surface area contributed by atoms with Crippen LogP contribution in [-0.4, -0.2) is 11.0 Å². The first kappa shape index (κ1) is 10.4. The van der Waals surface area contributed by atoms with Crippen molar-refractivity contribution in [1.82, 2.24) is 4.98 Å². The van der Waals surface area contributed by atoms with Gasteiger partial charge in [0, 0.05) is 22.6 Å². The molecule has 4 heteroatoms. The van der Waals surface area contributed by atoms with Crippen molar-refractivity contribution in [3.63, 3.8) is 0 Å². The summed E-state index contributed by atoms with van der Waals surface area (Å²) in [5.74, 6) is 0.386. The predicted molar refractivity (Wildman–Crippen MR) is 61.4 cm³/mol. The van der Waals surface area contributed by atoms with E-state index in [0.29, 0.717) is 11.1 Å². The van der Waals surface area contributed by atoms with Gasteiger partial charge in [-0.1, -0.05) is 25.4 Å². The Kier molecular flexibility index (Phi) is 2.37. The zero-order valence-corrected chi connectivity index (χ0v) is 10.4. The van der Waals surface area contributed by atoms with E-state index in [1.54, 1.807) is 6.20 Å². The number of halogens is 2. The van der Waals surface area contributed by atoms with E-state index in [4.69, 9.17) is 17.3 Å². The molecule has 14 heavy (non-hydrogen) atoms. The molecule has 0 spiro atoms. The number of aromatic nitrogens is 1. The van der Waals surface area contributed by atoms with Crippen molar-refractivity contribution < 1.29 is 0 Å². The minimum Gasteiger partial charge on any atom is -0.327 e. The van der Waals surface area contributed by atoms with Gasteiger partial charge in [-0.15, -0.1) is 0 Å². The molecule has 0 radical (unpaired) electrons. The van der Waals surface area contributed by atoms with Crippen molar-refractivity contribution >= 4 is 27.5 Å². The highest BCUT2D eigenvalue weighted by atomic mass is 79.9. The fourth-order valence-electron chi connectivity index (χ4n) is 1.94. The Hall–Kier alpha value is -0.120. The van der Waals surface area contributed by atoms with Crippen LogP contribution in [0.2, 0.25) is 5.15 Å². The van der Waals surface area contributed by atoms with Gasteiger partial charge < -0.3 is 5.73 Å². The molecule has 76 valence electrons. The van der Waals surface area contributed by atoms with Crippen LogP contribution < -0.4 is 5.73 Å². The molecule has 0 aromatic carbocycles. The Morgan fingerprint density at radius 3 is 2.64 bits per heavy atom. The quantitative estimate of drug-likeness (QED) is 0.800. The highest BCUT2D eigenvalue weighted by molar-refractivity contribution is 9.10. The highest BCUT2D eigenvalue weighted by Crippen LogP contribution is 2.58. The number of nitrogens with two attached hydrogens (primary N) is 1. The van der Waals surface area contributed by atoms with Gasteiger partial charge in [0.15, 0.2) is 0 Å². The van der Waals surface area contributed by atoms with Crippen molar-refractivity contribution in [3.05, 3.63) is 27.5 Å². The van der Waals surface area contributed by atoms with E-state index in [-0.39, 0.29) is 11.5 Å². The lowest BCUT2D eigenvalue weighted by Crippen LogP contribution is -2.06. The smallest absolute Gasteiger partial charge is 0.129 e. The van der Waals surface area contributed by atoms with Crippen molar-refractivity contribution in [2.45, 2.75) is 25.8 Å². The maximum Gasteiger partial charge on any atom is 0.129 e. The van der Waals surface area contributed by atoms with Crippen LogP contribution in [0.5, 0.6) is 0 Å². The summed E-state index contributed by atoms with van der Waals surface area (Å²) in [6.07, 6.45) is 1.73. The first-order valence-corrected chi connectivity index (χ1v) is 5.68. The van der Waals surface area contributed by atoms with Crippen LogP contribution in [0.15, 0.2) is 16.7 Å². The molecule has 0 unspecified atom stereocenters. The molecular formula is C10H12BrClN2. The van der Waals surface area contributed by atoms with Crippen LogP contribution in [0, 0.1) is 5.41 Å². The summed E-state index contributed by atoms with van der Waals surface area (Å²) in [7, 11) is 0. The van der Waals surface area contributed by atoms with Gasteiger partial charge in [-0.2, -0.15) is 0 Å². The predicted octanol–water partition coefficient (Wildman–Crippen LogP) is 2.95. The molecule has 0 aliphatic heterocycles. The Morgan fingerprint density at radius 2 is 2.14 bits per heavy atom. The molecule has 1 aliphatic rings. The lowest BCUT2D eigenvalue weighted by atomic mass is 10.0. The molecular weight excluding hydrogens is 263 g/mol. The molecule has 1 saturated carbocycles. The molecule has 1 aliphatic carbocycles. The summed E-state index contributed by atoms with van der Waals surface area (Å²) in [6, 6.07) is 2.11. The van der Waals surface area contributed by atoms with Gasteiger partial charge >= 0.3 is 0 Å². The van der Waals surface area contributed by atoms with E-state index in [2.05, 4.69) is 34.8 Å². The molecule has 2 rings (SSSR count). The van der Waals surface area contributed by atoms with E-state index >= 15 is 0 Å². The highest BCUT2D eigenvalue weighted by Gasteiger charge is 2.56. The van der Waals surface area contributed by atoms with Crippen LogP contribution in [0.4, 0.5) is 0 Å². The lowest BCUT2D eigenvalue weighted by Gasteiger charge is -2.05. The normalized spacial score (nSPS) is 28.9. The third kappa shape index (κ3) is 1.47. The molecule has 1 aromatic heterocycles. The molecule has 0 amide bonds. The molecule has 2 atom stereocenters. The van der Waals surface area contributed by atoms with Gasteiger partial charge in [-0.05, 0) is 33.0 Å². The van der Waals surface area contributed by atoms with Crippen LogP contribution in [-0.2, 0) is 0 Å². The monoisotopic (exact) mass is 274 g/mol. The molecule has 2 nitrogen and oxygen atoms in total. The van der Waals surface area contributed by atoms with E-state index in [1.165, 1.54) is 5.56 Å². The Balaban J connectivity index is 2.39. The minimum absolute atomic E-state index is 0.174. The molecule has 0 saturated heterocycles. The second-order valence-corrected chi connectivity index (χ2v) is 5.59. The van der Waals surface area contributed by atoms with Gasteiger partial charge in [-0.25, -0.2) is 4.98 Å². The second kappa shape index (κ2) is 3.19. The van der Waals surface area contributed by atoms with Gasteiger partial charge in [0.25, 0.3) is 0 Å². The third-order valence-electron chi connectivity index (χ3n) is 3.10. The second-order valence-electron chi connectivity index (χ2n) is 4.35. The Labute approximate surface area is 97.0 Å². The summed E-state index contributed by atoms with van der Waals surface area (Å²) < 4.78 is 0.993. The zero-order chi connectivity index (χ0) is 10.5. The fourth-order valence-corrected chi connectivity index (χ4v) is 2.57. The van der Waals surface area contributed by atoms with E-state index in [1.807, 2.05) is 6.07 Å². The van der Waals surface area contributed by atoms with E-state index < -0.39 is 0 Å². The fraction of sp³-hybridized carbons (Fsp3) is 0.500. The summed E-state index contributed by atoms with van der Waals surface area (Å²) >= 11 is 9.33. The van der Waals surface area contributed by atoms with Gasteiger partial charge in [-0.3, -0.25) is 0 Å². The number of pyridine rings is 1. The maximum atomic E-state index is 6.01. The number of hydrogen-bond donors (Lipinski definition) is 1. The molecule has 1 fully saturated rings. The van der Waals surface area contributed by atoms with E-state index in [9.17, 15) is 0 Å². The van der Waals surface area contributed by atoms with Crippen molar-refractivity contribution in [2.75, 3.05) is 0 Å². The molecule has 1 heterocycles. The van der Waals surface area contributed by atoms with Gasteiger partial charge in [0.2, 0.25) is 0 Å². The zero-order valence-electron chi connectivity index (χ0n) is 8.09. The van der Waals surface area contributed by atoms with Gasteiger partial charge in [0.1, 0.15) is 5.15 Å². The number of hydrogen-bond acceptors (Lipinski definition) is 2. The van der Waals surface area contributed by atoms with Gasteiger partial charge in [0.05, 0.1) is 0 Å². The van der Waals surface area contributed by atoms with E-state index in [0.717, 1.165) is 4.47 Å². The Bertz CT molecular complexity index is 378. The summed E-state index contributed by atoms with van der Waals surface area (Å²) in [6.45, 7) is 4.34. The average molecular weight is 276 g/mol. The minimum atomic E-state index is 0.174. The van der Waals surface area contributed by atoms with Crippen molar-refractivity contribution in [1.29, 1.82) is 0 Å². The third-order valence-corrected chi connectivity index (χ3v) is 3.97. The largest absolute Gasteiger partial charge is 0.327 e. The average Bonchev–Trinajstić information content (AvgIpc) is 2.58. The lowest BCUT2D eigenvalue weighted by molar-refractivity contribution is 0.598.